The van der Waals surface area contributed by atoms with Crippen molar-refractivity contribution in [2.45, 2.75) is 12.6 Å². The van der Waals surface area contributed by atoms with Crippen LogP contribution in [0.4, 0.5) is 0 Å². The lowest BCUT2D eigenvalue weighted by molar-refractivity contribution is -0.692. The summed E-state index contributed by atoms with van der Waals surface area (Å²) in [5.74, 6) is 0.901. The Balaban J connectivity index is 1.51. The van der Waals surface area contributed by atoms with Crippen molar-refractivity contribution in [2.75, 3.05) is 0 Å². The zero-order chi connectivity index (χ0) is 20.6. The van der Waals surface area contributed by atoms with E-state index in [1.54, 1.807) is 0 Å². The molecule has 148 valence electrons. The van der Waals surface area contributed by atoms with E-state index in [1.807, 2.05) is 0 Å². The zero-order valence-electron chi connectivity index (χ0n) is 17.1. The standard InChI is InChI=1S/C29H22NO/c1-2-10-21(11-3-1)20-30-19-18-22-12-4-5-13-23(22)29(30)31-28-26-16-8-6-14-24(26)25-15-7-9-17-27(25)28/h1-19,28H,20H2/q+1. The van der Waals surface area contributed by atoms with Crippen molar-refractivity contribution in [1.82, 2.24) is 0 Å². The Labute approximate surface area is 182 Å². The van der Waals surface area contributed by atoms with E-state index in [-0.39, 0.29) is 6.10 Å². The van der Waals surface area contributed by atoms with Crippen LogP contribution in [0.15, 0.2) is 115 Å². The lowest BCUT2D eigenvalue weighted by atomic mass is 10.1. The summed E-state index contributed by atoms with van der Waals surface area (Å²) in [5, 5.41) is 2.31. The van der Waals surface area contributed by atoms with E-state index in [0.29, 0.717) is 0 Å². The van der Waals surface area contributed by atoms with Gasteiger partial charge in [-0.1, -0.05) is 97.1 Å². The molecule has 0 amide bonds. The number of benzene rings is 4. The minimum Gasteiger partial charge on any atom is -0.431 e. The molecule has 0 saturated heterocycles. The molecule has 0 aliphatic heterocycles. The smallest absolute Gasteiger partial charge is 0.377 e. The maximum Gasteiger partial charge on any atom is 0.377 e. The number of pyridine rings is 1. The van der Waals surface area contributed by atoms with E-state index in [4.69, 9.17) is 4.74 Å². The van der Waals surface area contributed by atoms with Gasteiger partial charge in [0.05, 0.1) is 5.39 Å². The summed E-state index contributed by atoms with van der Waals surface area (Å²) in [6.45, 7) is 0.761. The van der Waals surface area contributed by atoms with E-state index in [2.05, 4.69) is 120 Å². The lowest BCUT2D eigenvalue weighted by Gasteiger charge is -2.16. The van der Waals surface area contributed by atoms with E-state index in [9.17, 15) is 0 Å². The largest absolute Gasteiger partial charge is 0.431 e. The molecule has 5 aromatic rings. The Hall–Kier alpha value is -3.91. The summed E-state index contributed by atoms with van der Waals surface area (Å²) in [6.07, 6.45) is 2.01. The van der Waals surface area contributed by atoms with Crippen LogP contribution in [0.25, 0.3) is 21.9 Å². The van der Waals surface area contributed by atoms with Crippen molar-refractivity contribution in [3.05, 3.63) is 132 Å². The molecular weight excluding hydrogens is 378 g/mol. The number of aromatic nitrogens is 1. The molecule has 0 bridgehead atoms. The van der Waals surface area contributed by atoms with E-state index in [1.165, 1.54) is 33.2 Å². The molecule has 2 heteroatoms. The quantitative estimate of drug-likeness (QED) is 0.322. The molecule has 2 nitrogen and oxygen atoms in total. The first-order valence-corrected chi connectivity index (χ1v) is 10.7. The molecule has 1 aromatic heterocycles. The Kier molecular flexibility index (Phi) is 4.28. The van der Waals surface area contributed by atoms with Gasteiger partial charge in [-0.2, -0.15) is 4.57 Å². The Morgan fingerprint density at radius 3 is 1.97 bits per heavy atom. The molecule has 1 aliphatic rings. The summed E-state index contributed by atoms with van der Waals surface area (Å²) >= 11 is 0. The van der Waals surface area contributed by atoms with Gasteiger partial charge in [0.15, 0.2) is 18.8 Å². The Morgan fingerprint density at radius 2 is 1.23 bits per heavy atom. The molecule has 31 heavy (non-hydrogen) atoms. The highest BCUT2D eigenvalue weighted by atomic mass is 16.5. The van der Waals surface area contributed by atoms with Crippen molar-refractivity contribution < 1.29 is 9.30 Å². The first-order chi connectivity index (χ1) is 15.4. The van der Waals surface area contributed by atoms with Gasteiger partial charge >= 0.3 is 5.88 Å². The number of hydrogen-bond donors (Lipinski definition) is 0. The van der Waals surface area contributed by atoms with Gasteiger partial charge in [-0.3, -0.25) is 0 Å². The van der Waals surface area contributed by atoms with Crippen molar-refractivity contribution in [2.24, 2.45) is 0 Å². The first-order valence-electron chi connectivity index (χ1n) is 10.7. The van der Waals surface area contributed by atoms with Crippen molar-refractivity contribution in [3.63, 3.8) is 0 Å². The van der Waals surface area contributed by atoms with Crippen LogP contribution in [0.2, 0.25) is 0 Å². The normalized spacial score (nSPS) is 12.5. The first kappa shape index (κ1) is 17.9. The maximum atomic E-state index is 6.91. The number of nitrogens with zero attached hydrogens (tertiary/aromatic N) is 1. The zero-order valence-corrected chi connectivity index (χ0v) is 17.1. The topological polar surface area (TPSA) is 13.1 Å². The molecule has 0 spiro atoms. The average Bonchev–Trinajstić information content (AvgIpc) is 3.15. The second-order valence-electron chi connectivity index (χ2n) is 7.99. The van der Waals surface area contributed by atoms with E-state index >= 15 is 0 Å². The van der Waals surface area contributed by atoms with Crippen LogP contribution < -0.4 is 9.30 Å². The van der Waals surface area contributed by atoms with Gasteiger partial charge in [0.2, 0.25) is 0 Å². The second-order valence-corrected chi connectivity index (χ2v) is 7.99. The fourth-order valence-corrected chi connectivity index (χ4v) is 4.61. The van der Waals surface area contributed by atoms with Gasteiger partial charge in [-0.15, -0.1) is 0 Å². The monoisotopic (exact) mass is 400 g/mol. The SMILES string of the molecule is c1ccc(C[n+]2ccc3ccccc3c2OC2c3ccccc3-c3ccccc32)cc1. The van der Waals surface area contributed by atoms with Crippen LogP contribution in [-0.2, 0) is 6.54 Å². The van der Waals surface area contributed by atoms with Gasteiger partial charge in [-0.25, -0.2) is 0 Å². The predicted octanol–water partition coefficient (Wildman–Crippen LogP) is 6.32. The third-order valence-electron chi connectivity index (χ3n) is 6.09. The van der Waals surface area contributed by atoms with Crippen molar-refractivity contribution in [3.8, 4) is 17.0 Å². The van der Waals surface area contributed by atoms with Crippen LogP contribution >= 0.6 is 0 Å². The molecule has 0 saturated carbocycles. The minimum atomic E-state index is -0.125. The van der Waals surface area contributed by atoms with Crippen LogP contribution in [-0.4, -0.2) is 0 Å². The third kappa shape index (κ3) is 3.08. The molecule has 0 unspecified atom stereocenters. The summed E-state index contributed by atoms with van der Waals surface area (Å²) in [5.41, 5.74) is 6.22. The Morgan fingerprint density at radius 1 is 0.613 bits per heavy atom. The lowest BCUT2D eigenvalue weighted by Crippen LogP contribution is -2.36. The van der Waals surface area contributed by atoms with Gasteiger partial charge in [-0.05, 0) is 22.6 Å². The predicted molar refractivity (Wildman–Crippen MR) is 124 cm³/mol. The molecule has 0 N–H and O–H groups in total. The maximum absolute atomic E-state index is 6.91. The fraction of sp³-hybridized carbons (Fsp3) is 0.0690. The van der Waals surface area contributed by atoms with Crippen molar-refractivity contribution in [1.29, 1.82) is 0 Å². The molecule has 1 aliphatic carbocycles. The summed E-state index contributed by atoms with van der Waals surface area (Å²) in [6, 6.07) is 38.3. The number of hydrogen-bond acceptors (Lipinski definition) is 1. The molecular formula is C29H22NO+. The summed E-state index contributed by atoms with van der Waals surface area (Å²) in [7, 11) is 0. The Bertz CT molecular complexity index is 1350. The molecule has 1 heterocycles. The van der Waals surface area contributed by atoms with Gasteiger partial charge in [0.1, 0.15) is 0 Å². The highest BCUT2D eigenvalue weighted by Gasteiger charge is 2.32. The van der Waals surface area contributed by atoms with Crippen LogP contribution in [0, 0.1) is 0 Å². The third-order valence-corrected chi connectivity index (χ3v) is 6.09. The summed E-state index contributed by atoms with van der Waals surface area (Å²) < 4.78 is 9.13. The summed E-state index contributed by atoms with van der Waals surface area (Å²) in [4.78, 5) is 0. The van der Waals surface area contributed by atoms with Crippen LogP contribution in [0.1, 0.15) is 22.8 Å². The van der Waals surface area contributed by atoms with E-state index < -0.39 is 0 Å². The van der Waals surface area contributed by atoms with E-state index in [0.717, 1.165) is 17.8 Å². The van der Waals surface area contributed by atoms with Gasteiger partial charge in [0.25, 0.3) is 0 Å². The number of ether oxygens (including phenoxy) is 1. The average molecular weight is 401 g/mol. The molecule has 0 atom stereocenters. The molecule has 4 aromatic carbocycles. The van der Waals surface area contributed by atoms with Gasteiger partial charge in [0, 0.05) is 22.8 Å². The number of rotatable bonds is 4. The number of fused-ring (bicyclic) bond motifs is 4. The van der Waals surface area contributed by atoms with Crippen LogP contribution in [0.3, 0.4) is 0 Å². The fourth-order valence-electron chi connectivity index (χ4n) is 4.61. The molecule has 0 radical (unpaired) electrons. The van der Waals surface area contributed by atoms with Crippen LogP contribution in [0.5, 0.6) is 5.88 Å². The van der Waals surface area contributed by atoms with Crippen molar-refractivity contribution >= 4 is 10.8 Å². The molecule has 6 rings (SSSR count). The van der Waals surface area contributed by atoms with Gasteiger partial charge < -0.3 is 4.74 Å². The minimum absolute atomic E-state index is 0.125. The molecule has 0 fully saturated rings. The highest BCUT2D eigenvalue weighted by Crippen LogP contribution is 2.45. The highest BCUT2D eigenvalue weighted by molar-refractivity contribution is 5.86. The second kappa shape index (κ2) is 7.41.